The predicted molar refractivity (Wildman–Crippen MR) is 88.3 cm³/mol. The zero-order valence-electron chi connectivity index (χ0n) is 12.8. The highest BCUT2D eigenvalue weighted by Crippen LogP contribution is 2.39. The Morgan fingerprint density at radius 3 is 2.62 bits per heavy atom. The highest BCUT2D eigenvalue weighted by Gasteiger charge is 2.39. The van der Waals surface area contributed by atoms with Crippen molar-refractivity contribution >= 4 is 21.6 Å². The van der Waals surface area contributed by atoms with Gasteiger partial charge in [0.05, 0.1) is 16.6 Å². The van der Waals surface area contributed by atoms with Gasteiger partial charge in [-0.05, 0) is 30.2 Å². The molecule has 6 nitrogen and oxygen atoms in total. The molecule has 0 aliphatic carbocycles. The summed E-state index contributed by atoms with van der Waals surface area (Å²) in [7, 11) is -3.62. The van der Waals surface area contributed by atoms with Gasteiger partial charge in [0, 0.05) is 6.54 Å². The van der Waals surface area contributed by atoms with Gasteiger partial charge in [-0.15, -0.1) is 0 Å². The third-order valence-electron chi connectivity index (χ3n) is 4.35. The first-order valence-corrected chi connectivity index (χ1v) is 9.13. The van der Waals surface area contributed by atoms with E-state index in [1.807, 2.05) is 30.3 Å². The fraction of sp³-hybridized carbons (Fsp3) is 0.235. The van der Waals surface area contributed by atoms with Gasteiger partial charge >= 0.3 is 0 Å². The molecule has 2 aliphatic heterocycles. The summed E-state index contributed by atoms with van der Waals surface area (Å²) in [5, 5.41) is 2.64. The number of carbonyl (C=O) groups excluding carboxylic acids is 1. The number of benzene rings is 2. The monoisotopic (exact) mass is 344 g/mol. The Morgan fingerprint density at radius 1 is 1.12 bits per heavy atom. The van der Waals surface area contributed by atoms with Crippen LogP contribution in [0.1, 0.15) is 18.0 Å². The first-order valence-electron chi connectivity index (χ1n) is 7.69. The molecule has 4 rings (SSSR count). The Labute approximate surface area is 140 Å². The summed E-state index contributed by atoms with van der Waals surface area (Å²) in [4.78, 5) is 11.6. The van der Waals surface area contributed by atoms with Gasteiger partial charge < -0.3 is 10.1 Å². The van der Waals surface area contributed by atoms with E-state index in [0.29, 0.717) is 18.0 Å². The third kappa shape index (κ3) is 2.46. The lowest BCUT2D eigenvalue weighted by Crippen LogP contribution is -2.45. The van der Waals surface area contributed by atoms with E-state index >= 15 is 0 Å². The van der Waals surface area contributed by atoms with Crippen molar-refractivity contribution in [3.05, 3.63) is 54.1 Å². The van der Waals surface area contributed by atoms with Crippen LogP contribution in [0.25, 0.3) is 0 Å². The fourth-order valence-electron chi connectivity index (χ4n) is 3.02. The lowest BCUT2D eigenvalue weighted by atomic mass is 9.98. The van der Waals surface area contributed by atoms with E-state index in [4.69, 9.17) is 4.74 Å². The maximum absolute atomic E-state index is 12.9. The number of fused-ring (bicyclic) bond motifs is 1. The van der Waals surface area contributed by atoms with E-state index in [9.17, 15) is 13.2 Å². The van der Waals surface area contributed by atoms with Crippen molar-refractivity contribution in [2.24, 2.45) is 0 Å². The Balaban J connectivity index is 1.66. The van der Waals surface area contributed by atoms with Crippen LogP contribution in [0.3, 0.4) is 0 Å². The smallest absolute Gasteiger partial charge is 0.262 e. The molecule has 0 saturated carbocycles. The third-order valence-corrected chi connectivity index (χ3v) is 6.25. The molecule has 2 aromatic rings. The van der Waals surface area contributed by atoms with Crippen LogP contribution in [0.15, 0.2) is 53.4 Å². The molecule has 0 unspecified atom stereocenters. The number of carbonyl (C=O) groups is 1. The largest absolute Gasteiger partial charge is 0.482 e. The van der Waals surface area contributed by atoms with E-state index in [2.05, 4.69) is 5.32 Å². The number of amides is 1. The summed E-state index contributed by atoms with van der Waals surface area (Å²) in [6.45, 7) is 0.434. The molecule has 1 N–H and O–H groups in total. The second-order valence-corrected chi connectivity index (χ2v) is 7.72. The minimum Gasteiger partial charge on any atom is -0.482 e. The fourth-order valence-corrected chi connectivity index (χ4v) is 4.70. The van der Waals surface area contributed by atoms with Crippen molar-refractivity contribution in [1.82, 2.24) is 4.31 Å². The standard InChI is InChI=1S/C17H16N2O4S/c20-17-11-23-16-7-6-13(10-14(16)18-17)24(21,22)19-9-8-15(19)12-4-2-1-3-5-12/h1-7,10,15H,8-9,11H2,(H,18,20)/t15-/m0/s1. The Morgan fingerprint density at radius 2 is 1.92 bits per heavy atom. The van der Waals surface area contributed by atoms with E-state index in [0.717, 1.165) is 12.0 Å². The zero-order chi connectivity index (χ0) is 16.7. The molecule has 7 heteroatoms. The number of sulfonamides is 1. The van der Waals surface area contributed by atoms with Crippen LogP contribution in [0, 0.1) is 0 Å². The molecular formula is C17H16N2O4S. The number of ether oxygens (including phenoxy) is 1. The van der Waals surface area contributed by atoms with E-state index in [1.165, 1.54) is 16.4 Å². The van der Waals surface area contributed by atoms with Crippen LogP contribution in [-0.2, 0) is 14.8 Å². The Kier molecular flexibility index (Phi) is 3.54. The number of nitrogens with zero attached hydrogens (tertiary/aromatic N) is 1. The SMILES string of the molecule is O=C1COc2ccc(S(=O)(=O)N3CC[C@H]3c3ccccc3)cc2N1. The van der Waals surface area contributed by atoms with Crippen LogP contribution >= 0.6 is 0 Å². The number of hydrogen-bond donors (Lipinski definition) is 1. The molecule has 0 spiro atoms. The zero-order valence-corrected chi connectivity index (χ0v) is 13.6. The van der Waals surface area contributed by atoms with Gasteiger partial charge in [-0.2, -0.15) is 4.31 Å². The Hall–Kier alpha value is -2.38. The molecule has 1 atom stereocenters. The van der Waals surface area contributed by atoms with Crippen molar-refractivity contribution in [2.75, 3.05) is 18.5 Å². The quantitative estimate of drug-likeness (QED) is 0.926. The van der Waals surface area contributed by atoms with Crippen LogP contribution in [0.5, 0.6) is 5.75 Å². The van der Waals surface area contributed by atoms with Gasteiger partial charge in [-0.25, -0.2) is 8.42 Å². The molecule has 1 amide bonds. The minimum absolute atomic E-state index is 0.0543. The molecular weight excluding hydrogens is 328 g/mol. The molecule has 0 aromatic heterocycles. The first-order chi connectivity index (χ1) is 11.6. The normalized spacial score (nSPS) is 20.5. The second-order valence-electron chi connectivity index (χ2n) is 5.83. The second kappa shape index (κ2) is 5.61. The van der Waals surface area contributed by atoms with Gasteiger partial charge in [-0.3, -0.25) is 4.79 Å². The Bertz CT molecular complexity index is 896. The highest BCUT2D eigenvalue weighted by molar-refractivity contribution is 7.89. The van der Waals surface area contributed by atoms with Crippen molar-refractivity contribution in [2.45, 2.75) is 17.4 Å². The molecule has 2 aliphatic rings. The molecule has 0 radical (unpaired) electrons. The van der Waals surface area contributed by atoms with Gasteiger partial charge in [-0.1, -0.05) is 30.3 Å². The van der Waals surface area contributed by atoms with Gasteiger partial charge in [0.25, 0.3) is 5.91 Å². The van der Waals surface area contributed by atoms with Gasteiger partial charge in [0.1, 0.15) is 5.75 Å². The van der Waals surface area contributed by atoms with Crippen LogP contribution in [0.2, 0.25) is 0 Å². The van der Waals surface area contributed by atoms with Crippen LogP contribution in [0.4, 0.5) is 5.69 Å². The molecule has 1 fully saturated rings. The number of nitrogens with one attached hydrogen (secondary N) is 1. The van der Waals surface area contributed by atoms with Crippen LogP contribution in [-0.4, -0.2) is 31.8 Å². The first kappa shape index (κ1) is 15.2. The van der Waals surface area contributed by atoms with Crippen molar-refractivity contribution < 1.29 is 17.9 Å². The summed E-state index contributed by atoms with van der Waals surface area (Å²) < 4.78 is 32.6. The summed E-state index contributed by atoms with van der Waals surface area (Å²) in [6.07, 6.45) is 0.800. The lowest BCUT2D eigenvalue weighted by molar-refractivity contribution is -0.118. The predicted octanol–water partition coefficient (Wildman–Crippen LogP) is 2.15. The summed E-state index contributed by atoms with van der Waals surface area (Å²) >= 11 is 0. The van der Waals surface area contributed by atoms with Crippen LogP contribution < -0.4 is 10.1 Å². The van der Waals surface area contributed by atoms with Crippen molar-refractivity contribution in [3.63, 3.8) is 0 Å². The number of hydrogen-bond acceptors (Lipinski definition) is 4. The van der Waals surface area contributed by atoms with Gasteiger partial charge in [0.2, 0.25) is 10.0 Å². The lowest BCUT2D eigenvalue weighted by Gasteiger charge is -2.40. The van der Waals surface area contributed by atoms with E-state index in [1.54, 1.807) is 6.07 Å². The summed E-state index contributed by atoms with van der Waals surface area (Å²) in [5.74, 6) is 0.194. The van der Waals surface area contributed by atoms with E-state index < -0.39 is 10.0 Å². The molecule has 124 valence electrons. The summed E-state index contributed by atoms with van der Waals surface area (Å²) in [6, 6.07) is 14.0. The maximum atomic E-state index is 12.9. The van der Waals surface area contributed by atoms with E-state index in [-0.39, 0.29) is 23.5 Å². The number of rotatable bonds is 3. The average molecular weight is 344 g/mol. The minimum atomic E-state index is -3.62. The summed E-state index contributed by atoms with van der Waals surface area (Å²) in [5.41, 5.74) is 1.38. The maximum Gasteiger partial charge on any atom is 0.262 e. The topological polar surface area (TPSA) is 75.7 Å². The molecule has 1 saturated heterocycles. The highest BCUT2D eigenvalue weighted by atomic mass is 32.2. The van der Waals surface area contributed by atoms with Gasteiger partial charge in [0.15, 0.2) is 6.61 Å². The molecule has 0 bridgehead atoms. The molecule has 24 heavy (non-hydrogen) atoms. The molecule has 2 heterocycles. The number of anilines is 1. The van der Waals surface area contributed by atoms with Crippen molar-refractivity contribution in [1.29, 1.82) is 0 Å². The molecule has 2 aromatic carbocycles. The average Bonchev–Trinajstić information content (AvgIpc) is 2.53. The van der Waals surface area contributed by atoms with Crippen molar-refractivity contribution in [3.8, 4) is 5.75 Å².